The van der Waals surface area contributed by atoms with Gasteiger partial charge in [-0.25, -0.2) is 0 Å². The number of hydrogen-bond acceptors (Lipinski definition) is 5. The van der Waals surface area contributed by atoms with Crippen LogP contribution in [0.15, 0.2) is 72.8 Å². The smallest absolute Gasteiger partial charge is 0.140 e. The summed E-state index contributed by atoms with van der Waals surface area (Å²) in [6.07, 6.45) is 0. The SMILES string of the molecule is COCCOCc1ccc2ccccc2c1Oc1c(COCCOC)ccc2ccccc12. The predicted octanol–water partition coefficient (Wildman–Crippen LogP) is 6.11. The minimum Gasteiger partial charge on any atom is -0.455 e. The molecule has 4 rings (SSSR count). The summed E-state index contributed by atoms with van der Waals surface area (Å²) in [6.45, 7) is 3.03. The Morgan fingerprint density at radius 1 is 0.515 bits per heavy atom. The van der Waals surface area contributed by atoms with Gasteiger partial charge in [0.25, 0.3) is 0 Å². The maximum Gasteiger partial charge on any atom is 0.140 e. The molecule has 33 heavy (non-hydrogen) atoms. The molecule has 0 saturated carbocycles. The van der Waals surface area contributed by atoms with E-state index >= 15 is 0 Å². The largest absolute Gasteiger partial charge is 0.455 e. The fraction of sp³-hybridized carbons (Fsp3) is 0.286. The minimum absolute atomic E-state index is 0.438. The third kappa shape index (κ3) is 5.70. The van der Waals surface area contributed by atoms with Gasteiger partial charge < -0.3 is 23.7 Å². The third-order valence-corrected chi connectivity index (χ3v) is 5.51. The third-order valence-electron chi connectivity index (χ3n) is 5.51. The van der Waals surface area contributed by atoms with E-state index in [-0.39, 0.29) is 0 Å². The highest BCUT2D eigenvalue weighted by Crippen LogP contribution is 2.39. The molecule has 172 valence electrons. The fourth-order valence-corrected chi connectivity index (χ4v) is 3.80. The van der Waals surface area contributed by atoms with Gasteiger partial charge in [-0.3, -0.25) is 0 Å². The van der Waals surface area contributed by atoms with E-state index in [1.807, 2.05) is 24.3 Å². The Labute approximate surface area is 194 Å². The zero-order valence-electron chi connectivity index (χ0n) is 19.2. The van der Waals surface area contributed by atoms with Gasteiger partial charge in [0.1, 0.15) is 11.5 Å². The van der Waals surface area contributed by atoms with Crippen molar-refractivity contribution < 1.29 is 23.7 Å². The molecular weight excluding hydrogens is 416 g/mol. The normalized spacial score (nSPS) is 11.3. The minimum atomic E-state index is 0.438. The first kappa shape index (κ1) is 23.2. The molecule has 5 heteroatoms. The lowest BCUT2D eigenvalue weighted by molar-refractivity contribution is 0.0600. The summed E-state index contributed by atoms with van der Waals surface area (Å²) in [7, 11) is 3.34. The van der Waals surface area contributed by atoms with Crippen molar-refractivity contribution in [2.75, 3.05) is 40.6 Å². The summed E-state index contributed by atoms with van der Waals surface area (Å²) >= 11 is 0. The first-order chi connectivity index (χ1) is 16.3. The molecule has 0 aliphatic heterocycles. The summed E-state index contributed by atoms with van der Waals surface area (Å²) in [4.78, 5) is 0. The predicted molar refractivity (Wildman–Crippen MR) is 131 cm³/mol. The maximum atomic E-state index is 6.76. The molecule has 0 saturated heterocycles. The second-order valence-electron chi connectivity index (χ2n) is 7.74. The summed E-state index contributed by atoms with van der Waals surface area (Å²) in [5.74, 6) is 1.61. The lowest BCUT2D eigenvalue weighted by atomic mass is 10.0. The van der Waals surface area contributed by atoms with Crippen molar-refractivity contribution >= 4 is 21.5 Å². The summed E-state index contributed by atoms with van der Waals surface area (Å²) in [5, 5.41) is 4.33. The van der Waals surface area contributed by atoms with Crippen LogP contribution in [0.1, 0.15) is 11.1 Å². The summed E-state index contributed by atoms with van der Waals surface area (Å²) in [6, 6.07) is 24.9. The van der Waals surface area contributed by atoms with E-state index in [0.29, 0.717) is 39.6 Å². The molecule has 5 nitrogen and oxygen atoms in total. The van der Waals surface area contributed by atoms with E-state index in [1.54, 1.807) is 14.2 Å². The molecule has 0 atom stereocenters. The molecular formula is C28H30O5. The van der Waals surface area contributed by atoms with E-state index in [0.717, 1.165) is 44.2 Å². The molecule has 0 fully saturated rings. The first-order valence-electron chi connectivity index (χ1n) is 11.1. The number of fused-ring (bicyclic) bond motifs is 2. The van der Waals surface area contributed by atoms with Gasteiger partial charge in [0.15, 0.2) is 0 Å². The Morgan fingerprint density at radius 3 is 1.42 bits per heavy atom. The molecule has 0 amide bonds. The summed E-state index contributed by atoms with van der Waals surface area (Å²) < 4.78 is 28.7. The second kappa shape index (κ2) is 11.8. The molecule has 0 aliphatic rings. The van der Waals surface area contributed by atoms with Crippen LogP contribution in [0.3, 0.4) is 0 Å². The van der Waals surface area contributed by atoms with Gasteiger partial charge >= 0.3 is 0 Å². The van der Waals surface area contributed by atoms with Gasteiger partial charge in [0, 0.05) is 36.1 Å². The maximum absolute atomic E-state index is 6.76. The molecule has 4 aromatic rings. The monoisotopic (exact) mass is 446 g/mol. The summed E-state index contributed by atoms with van der Waals surface area (Å²) in [5.41, 5.74) is 1.98. The van der Waals surface area contributed by atoms with Crippen LogP contribution in [-0.4, -0.2) is 40.6 Å². The van der Waals surface area contributed by atoms with Crippen LogP contribution in [0.2, 0.25) is 0 Å². The zero-order chi connectivity index (χ0) is 22.9. The van der Waals surface area contributed by atoms with Crippen molar-refractivity contribution in [2.45, 2.75) is 13.2 Å². The highest BCUT2D eigenvalue weighted by atomic mass is 16.5. The molecule has 0 unspecified atom stereocenters. The number of methoxy groups -OCH3 is 2. The van der Waals surface area contributed by atoms with Crippen LogP contribution in [0.5, 0.6) is 11.5 Å². The molecule has 0 heterocycles. The van der Waals surface area contributed by atoms with Crippen molar-refractivity contribution in [1.29, 1.82) is 0 Å². The zero-order valence-corrected chi connectivity index (χ0v) is 19.2. The van der Waals surface area contributed by atoms with Crippen molar-refractivity contribution in [3.63, 3.8) is 0 Å². The second-order valence-corrected chi connectivity index (χ2v) is 7.74. The van der Waals surface area contributed by atoms with Crippen molar-refractivity contribution in [3.8, 4) is 11.5 Å². The standard InChI is InChI=1S/C28H30O5/c1-29-15-17-31-19-23-13-11-21-7-3-5-9-25(21)27(23)33-28-24(20-32-18-16-30-2)14-12-22-8-4-6-10-26(22)28/h3-14H,15-20H2,1-2H3. The van der Waals surface area contributed by atoms with Crippen molar-refractivity contribution in [1.82, 2.24) is 0 Å². The Kier molecular flexibility index (Phi) is 8.28. The average molecular weight is 447 g/mol. The lowest BCUT2D eigenvalue weighted by Gasteiger charge is -2.19. The van der Waals surface area contributed by atoms with Gasteiger partial charge in [-0.2, -0.15) is 0 Å². The molecule has 0 N–H and O–H groups in total. The van der Waals surface area contributed by atoms with Crippen LogP contribution in [0, 0.1) is 0 Å². The van der Waals surface area contributed by atoms with Crippen LogP contribution in [-0.2, 0) is 32.2 Å². The Morgan fingerprint density at radius 2 is 0.970 bits per heavy atom. The van der Waals surface area contributed by atoms with E-state index in [1.165, 1.54) is 0 Å². The first-order valence-corrected chi connectivity index (χ1v) is 11.1. The van der Waals surface area contributed by atoms with Gasteiger partial charge in [-0.1, -0.05) is 72.8 Å². The number of hydrogen-bond donors (Lipinski definition) is 0. The number of rotatable bonds is 12. The molecule has 0 bridgehead atoms. The lowest BCUT2D eigenvalue weighted by Crippen LogP contribution is -2.05. The van der Waals surface area contributed by atoms with E-state index < -0.39 is 0 Å². The molecule has 0 spiro atoms. The highest BCUT2D eigenvalue weighted by Gasteiger charge is 2.16. The Balaban J connectivity index is 1.75. The van der Waals surface area contributed by atoms with Gasteiger partial charge in [-0.05, 0) is 10.8 Å². The molecule has 0 aromatic heterocycles. The van der Waals surface area contributed by atoms with E-state index in [4.69, 9.17) is 23.7 Å². The van der Waals surface area contributed by atoms with Crippen LogP contribution < -0.4 is 4.74 Å². The van der Waals surface area contributed by atoms with Crippen molar-refractivity contribution in [2.24, 2.45) is 0 Å². The van der Waals surface area contributed by atoms with Crippen molar-refractivity contribution in [3.05, 3.63) is 83.9 Å². The Hall–Kier alpha value is -2.96. The quantitative estimate of drug-likeness (QED) is 0.246. The van der Waals surface area contributed by atoms with Gasteiger partial charge in [-0.15, -0.1) is 0 Å². The molecule has 4 aromatic carbocycles. The van der Waals surface area contributed by atoms with E-state index in [9.17, 15) is 0 Å². The van der Waals surface area contributed by atoms with Crippen LogP contribution in [0.4, 0.5) is 0 Å². The average Bonchev–Trinajstić information content (AvgIpc) is 2.86. The van der Waals surface area contributed by atoms with Crippen LogP contribution in [0.25, 0.3) is 21.5 Å². The number of benzene rings is 4. The van der Waals surface area contributed by atoms with E-state index in [2.05, 4.69) is 48.5 Å². The van der Waals surface area contributed by atoms with Gasteiger partial charge in [0.05, 0.1) is 39.6 Å². The highest BCUT2D eigenvalue weighted by molar-refractivity contribution is 5.93. The molecule has 0 radical (unpaired) electrons. The fourth-order valence-electron chi connectivity index (χ4n) is 3.80. The van der Waals surface area contributed by atoms with Crippen LogP contribution >= 0.6 is 0 Å². The topological polar surface area (TPSA) is 46.2 Å². The Bertz CT molecular complexity index is 1090. The van der Waals surface area contributed by atoms with Gasteiger partial charge in [0.2, 0.25) is 0 Å². The number of ether oxygens (including phenoxy) is 5. The molecule has 0 aliphatic carbocycles.